The van der Waals surface area contributed by atoms with Crippen molar-refractivity contribution >= 4 is 5.96 Å². The van der Waals surface area contributed by atoms with Crippen LogP contribution in [0.1, 0.15) is 50.5 Å². The molecule has 0 radical (unpaired) electrons. The monoisotopic (exact) mass is 357 g/mol. The van der Waals surface area contributed by atoms with E-state index in [1.807, 2.05) is 13.1 Å². The Kier molecular flexibility index (Phi) is 5.07. The van der Waals surface area contributed by atoms with Crippen LogP contribution < -0.4 is 15.4 Å². The quantitative estimate of drug-likeness (QED) is 0.628. The summed E-state index contributed by atoms with van der Waals surface area (Å²) in [5.74, 6) is 1.84. The van der Waals surface area contributed by atoms with Crippen LogP contribution in [0.25, 0.3) is 0 Å². The first-order valence-corrected chi connectivity index (χ1v) is 10.00. The number of nitrogens with one attached hydrogen (secondary N) is 2. The molecule has 3 atom stereocenters. The molecule has 2 N–H and O–H groups in total. The molecular weight excluding hydrogens is 326 g/mol. The van der Waals surface area contributed by atoms with Gasteiger partial charge < -0.3 is 20.1 Å². The van der Waals surface area contributed by atoms with Crippen molar-refractivity contribution in [1.29, 1.82) is 0 Å². The van der Waals surface area contributed by atoms with E-state index in [2.05, 4.69) is 33.8 Å². The third-order valence-electron chi connectivity index (χ3n) is 6.49. The van der Waals surface area contributed by atoms with Gasteiger partial charge in [-0.3, -0.25) is 4.99 Å². The molecule has 3 unspecified atom stereocenters. The van der Waals surface area contributed by atoms with Crippen molar-refractivity contribution < 1.29 is 9.47 Å². The number of fused-ring (bicyclic) bond motifs is 2. The van der Waals surface area contributed by atoms with Crippen LogP contribution in [0.5, 0.6) is 5.75 Å². The van der Waals surface area contributed by atoms with Crippen molar-refractivity contribution in [3.8, 4) is 5.75 Å². The van der Waals surface area contributed by atoms with Crippen LogP contribution in [-0.4, -0.2) is 44.9 Å². The minimum absolute atomic E-state index is 0.164. The van der Waals surface area contributed by atoms with Crippen molar-refractivity contribution in [1.82, 2.24) is 10.6 Å². The van der Waals surface area contributed by atoms with E-state index in [0.717, 1.165) is 24.7 Å². The molecule has 0 amide bonds. The molecule has 0 aromatic heterocycles. The molecule has 2 heterocycles. The van der Waals surface area contributed by atoms with Gasteiger partial charge in [-0.2, -0.15) is 0 Å². The third-order valence-corrected chi connectivity index (χ3v) is 6.49. The molecule has 1 aromatic carbocycles. The van der Waals surface area contributed by atoms with Gasteiger partial charge in [0.1, 0.15) is 5.75 Å². The summed E-state index contributed by atoms with van der Waals surface area (Å²) in [7, 11) is 3.60. The van der Waals surface area contributed by atoms with Gasteiger partial charge in [0.2, 0.25) is 0 Å². The van der Waals surface area contributed by atoms with E-state index in [1.165, 1.54) is 44.1 Å². The van der Waals surface area contributed by atoms with Crippen LogP contribution in [0, 0.1) is 0 Å². The summed E-state index contributed by atoms with van der Waals surface area (Å²) < 4.78 is 11.4. The Morgan fingerprint density at radius 3 is 2.81 bits per heavy atom. The van der Waals surface area contributed by atoms with Crippen molar-refractivity contribution in [2.24, 2.45) is 4.99 Å². The smallest absolute Gasteiger partial charge is 0.191 e. The van der Waals surface area contributed by atoms with Crippen molar-refractivity contribution in [2.75, 3.05) is 20.7 Å². The summed E-state index contributed by atoms with van der Waals surface area (Å²) >= 11 is 0. The first kappa shape index (κ1) is 17.7. The maximum Gasteiger partial charge on any atom is 0.191 e. The summed E-state index contributed by atoms with van der Waals surface area (Å²) in [5, 5.41) is 7.22. The Hall–Kier alpha value is -1.75. The lowest BCUT2D eigenvalue weighted by Crippen LogP contribution is -2.50. The van der Waals surface area contributed by atoms with Gasteiger partial charge in [0.05, 0.1) is 25.4 Å². The molecule has 4 rings (SSSR count). The Morgan fingerprint density at radius 1 is 1.31 bits per heavy atom. The largest absolute Gasteiger partial charge is 0.497 e. The number of hydrogen-bond donors (Lipinski definition) is 2. The second-order valence-corrected chi connectivity index (χ2v) is 8.01. The Labute approximate surface area is 156 Å². The van der Waals surface area contributed by atoms with Gasteiger partial charge in [0.15, 0.2) is 5.96 Å². The van der Waals surface area contributed by atoms with Gasteiger partial charge in [-0.1, -0.05) is 25.0 Å². The van der Waals surface area contributed by atoms with E-state index in [1.54, 1.807) is 7.11 Å². The van der Waals surface area contributed by atoms with E-state index in [4.69, 9.17) is 9.47 Å². The highest BCUT2D eigenvalue weighted by molar-refractivity contribution is 5.80. The predicted molar refractivity (Wildman–Crippen MR) is 104 cm³/mol. The zero-order valence-corrected chi connectivity index (χ0v) is 16.0. The number of rotatable bonds is 5. The number of nitrogens with zero attached hydrogens (tertiary/aromatic N) is 1. The van der Waals surface area contributed by atoms with Gasteiger partial charge in [-0.25, -0.2) is 0 Å². The van der Waals surface area contributed by atoms with Gasteiger partial charge in [-0.05, 0) is 49.8 Å². The molecule has 2 saturated heterocycles. The lowest BCUT2D eigenvalue weighted by molar-refractivity contribution is 0.0992. The van der Waals surface area contributed by atoms with Crippen LogP contribution >= 0.6 is 0 Å². The van der Waals surface area contributed by atoms with Crippen molar-refractivity contribution in [3.05, 3.63) is 29.8 Å². The summed E-state index contributed by atoms with van der Waals surface area (Å²) in [6, 6.07) is 8.97. The zero-order chi connectivity index (χ0) is 18.0. The second kappa shape index (κ2) is 7.47. The number of hydrogen-bond acceptors (Lipinski definition) is 3. The molecule has 0 spiro atoms. The normalized spacial score (nSPS) is 29.8. The fourth-order valence-electron chi connectivity index (χ4n) is 4.99. The molecule has 3 aliphatic rings. The van der Waals surface area contributed by atoms with Crippen LogP contribution in [0.3, 0.4) is 0 Å². The first-order chi connectivity index (χ1) is 12.7. The maximum absolute atomic E-state index is 5.96. The van der Waals surface area contributed by atoms with Crippen LogP contribution in [0.4, 0.5) is 0 Å². The third kappa shape index (κ3) is 3.41. The van der Waals surface area contributed by atoms with Crippen molar-refractivity contribution in [2.45, 2.75) is 68.6 Å². The Balaban J connectivity index is 1.43. The maximum atomic E-state index is 5.96. The predicted octanol–water partition coefficient (Wildman–Crippen LogP) is 2.99. The molecule has 142 valence electrons. The molecule has 1 saturated carbocycles. The van der Waals surface area contributed by atoms with E-state index in [0.29, 0.717) is 18.2 Å². The fourth-order valence-corrected chi connectivity index (χ4v) is 4.99. The highest BCUT2D eigenvalue weighted by atomic mass is 16.5. The molecule has 2 aliphatic heterocycles. The highest BCUT2D eigenvalue weighted by Crippen LogP contribution is 2.41. The number of methoxy groups -OCH3 is 1. The minimum Gasteiger partial charge on any atom is -0.497 e. The van der Waals surface area contributed by atoms with Crippen molar-refractivity contribution in [3.63, 3.8) is 0 Å². The molecule has 1 aromatic rings. The summed E-state index contributed by atoms with van der Waals surface area (Å²) in [4.78, 5) is 4.47. The van der Waals surface area contributed by atoms with Gasteiger partial charge >= 0.3 is 0 Å². The van der Waals surface area contributed by atoms with Gasteiger partial charge in [0.25, 0.3) is 0 Å². The summed E-state index contributed by atoms with van der Waals surface area (Å²) in [6.45, 7) is 0.904. The van der Waals surface area contributed by atoms with Gasteiger partial charge in [-0.15, -0.1) is 0 Å². The topological polar surface area (TPSA) is 54.9 Å². The number of ether oxygens (including phenoxy) is 2. The molecular formula is C21H31N3O2. The summed E-state index contributed by atoms with van der Waals surface area (Å²) in [5.41, 5.74) is 1.54. The number of benzene rings is 1. The molecule has 5 heteroatoms. The van der Waals surface area contributed by atoms with E-state index in [-0.39, 0.29) is 5.41 Å². The molecule has 1 aliphatic carbocycles. The van der Waals surface area contributed by atoms with E-state index >= 15 is 0 Å². The molecule has 5 nitrogen and oxygen atoms in total. The summed E-state index contributed by atoms with van der Waals surface area (Å²) in [6.07, 6.45) is 9.29. The Bertz CT molecular complexity index is 654. The van der Waals surface area contributed by atoms with Gasteiger partial charge in [0, 0.05) is 19.0 Å². The lowest BCUT2D eigenvalue weighted by atomic mass is 9.78. The van der Waals surface area contributed by atoms with Crippen LogP contribution in [0.2, 0.25) is 0 Å². The SMILES string of the molecule is CN=C(NCC1(c2cccc(OC)c2)CCCC1)NC1CC2CCC1O2. The van der Waals surface area contributed by atoms with Crippen LogP contribution in [0.15, 0.2) is 29.3 Å². The average molecular weight is 357 g/mol. The molecule has 3 fully saturated rings. The second-order valence-electron chi connectivity index (χ2n) is 8.01. The average Bonchev–Trinajstić information content (AvgIpc) is 3.42. The molecule has 26 heavy (non-hydrogen) atoms. The lowest BCUT2D eigenvalue weighted by Gasteiger charge is -2.32. The molecule has 2 bridgehead atoms. The zero-order valence-electron chi connectivity index (χ0n) is 16.0. The minimum atomic E-state index is 0.164. The number of aliphatic imine (C=N–C) groups is 1. The van der Waals surface area contributed by atoms with E-state index < -0.39 is 0 Å². The van der Waals surface area contributed by atoms with Crippen LogP contribution in [-0.2, 0) is 10.2 Å². The first-order valence-electron chi connectivity index (χ1n) is 10.00. The Morgan fingerprint density at radius 2 is 2.15 bits per heavy atom. The highest BCUT2D eigenvalue weighted by Gasteiger charge is 2.41. The fraction of sp³-hybridized carbons (Fsp3) is 0.667. The standard InChI is InChI=1S/C21H31N3O2/c1-22-20(24-18-13-17-8-9-19(18)26-17)23-14-21(10-3-4-11-21)15-6-5-7-16(12-15)25-2/h5-7,12,17-19H,3-4,8-11,13-14H2,1-2H3,(H2,22,23,24). The number of guanidine groups is 1. The van der Waals surface area contributed by atoms with E-state index in [9.17, 15) is 0 Å².